The number of carboxylic acid groups (broad SMARTS) is 1. The predicted octanol–water partition coefficient (Wildman–Crippen LogP) is 1.50. The van der Waals surface area contributed by atoms with Crippen LogP contribution in [0.25, 0.3) is 0 Å². The Hall–Kier alpha value is -5.17. The Kier molecular flexibility index (Phi) is 19.3. The lowest BCUT2D eigenvalue weighted by Gasteiger charge is -2.30. The molecule has 7 amide bonds. The number of benzene rings is 1. The molecular weight excluding hydrogens is 825 g/mol. The number of hydrogen-bond donors (Lipinski definition) is 6. The highest BCUT2D eigenvalue weighted by Crippen LogP contribution is 2.26. The first-order valence-electron chi connectivity index (χ1n) is 20.6. The van der Waals surface area contributed by atoms with Crippen LogP contribution in [0.4, 0.5) is 0 Å². The molecule has 2 aliphatic heterocycles. The normalized spacial score (nSPS) is 18.1. The Labute approximate surface area is 364 Å². The Morgan fingerprint density at radius 3 is 2.03 bits per heavy atom. The van der Waals surface area contributed by atoms with Gasteiger partial charge in [-0.1, -0.05) is 50.2 Å². The number of primary amides is 2. The van der Waals surface area contributed by atoms with Gasteiger partial charge in [0.05, 0.1) is 0 Å². The van der Waals surface area contributed by atoms with E-state index >= 15 is 0 Å². The van der Waals surface area contributed by atoms with Gasteiger partial charge in [-0.2, -0.15) is 23.5 Å². The smallest absolute Gasteiger partial charge is 0.327 e. The molecule has 0 radical (unpaired) electrons. The number of carbonyl (C=O) groups excluding carboxylic acids is 7. The molecular formula is C42H58N8O9S2. The average molecular weight is 883 g/mol. The lowest BCUT2D eigenvalue weighted by molar-refractivity contribution is -0.146. The minimum absolute atomic E-state index is 0.00130. The number of carboxylic acids is 1. The van der Waals surface area contributed by atoms with Gasteiger partial charge in [-0.15, -0.1) is 0 Å². The molecule has 332 valence electrons. The van der Waals surface area contributed by atoms with Gasteiger partial charge in [0.25, 0.3) is 0 Å². The molecule has 0 aliphatic carbocycles. The summed E-state index contributed by atoms with van der Waals surface area (Å²) in [5.41, 5.74) is 13.3. The Morgan fingerprint density at radius 2 is 1.39 bits per heavy atom. The third-order valence-corrected chi connectivity index (χ3v) is 12.9. The van der Waals surface area contributed by atoms with Crippen LogP contribution < -0.4 is 27.4 Å². The molecule has 0 spiro atoms. The Bertz CT molecular complexity index is 1870. The van der Waals surface area contributed by atoms with Crippen molar-refractivity contribution in [3.8, 4) is 0 Å². The summed E-state index contributed by atoms with van der Waals surface area (Å²) < 4.78 is 0. The standard InChI is InChI=1S/C42H58N8O9S2/c1-3-26(2)38(54)46-30(13-14-35(43)51)39(55)47-31(20-27-9-5-4-6-10-27)40(56)48-32(42(58)59)25-61-24-29-19-28(21-45-22-29)23-60-18-15-36(52)49-16-8-12-34(49)41(57)50-17-7-11-33(50)37(44)53/h4-6,9-10,19,21-22,26,30-34H,3,7-8,11-18,20,23-25H2,1-2H3,(H2,43,51)(H2,44,53)(H,46,54)(H,47,55)(H,48,56)(H,58,59)/t26-,30-,31-,32?,33-,34-/m0/s1. The minimum Gasteiger partial charge on any atom is -0.480 e. The highest BCUT2D eigenvalue weighted by atomic mass is 32.2. The maximum absolute atomic E-state index is 13.7. The van der Waals surface area contributed by atoms with E-state index in [-0.39, 0.29) is 43.3 Å². The molecule has 2 aliphatic rings. The molecule has 0 saturated carbocycles. The highest BCUT2D eigenvalue weighted by molar-refractivity contribution is 7.98. The fourth-order valence-corrected chi connectivity index (χ4v) is 8.99. The lowest BCUT2D eigenvalue weighted by Crippen LogP contribution is -2.57. The van der Waals surface area contributed by atoms with Crippen molar-refractivity contribution in [2.75, 3.05) is 24.6 Å². The molecule has 17 nitrogen and oxygen atoms in total. The number of nitrogens with one attached hydrogen (secondary N) is 3. The molecule has 19 heteroatoms. The number of aliphatic carboxylic acids is 1. The molecule has 6 atom stereocenters. The van der Waals surface area contributed by atoms with Crippen LogP contribution in [0, 0.1) is 5.92 Å². The molecule has 0 bridgehead atoms. The third-order valence-electron chi connectivity index (χ3n) is 10.8. The first kappa shape index (κ1) is 48.5. The zero-order chi connectivity index (χ0) is 44.5. The minimum atomic E-state index is -1.31. The molecule has 1 aromatic carbocycles. The van der Waals surface area contributed by atoms with Gasteiger partial charge < -0.3 is 42.3 Å². The van der Waals surface area contributed by atoms with E-state index in [0.29, 0.717) is 61.6 Å². The van der Waals surface area contributed by atoms with Gasteiger partial charge in [0, 0.05) is 73.7 Å². The van der Waals surface area contributed by atoms with Crippen LogP contribution in [0.2, 0.25) is 0 Å². The van der Waals surface area contributed by atoms with Crippen molar-refractivity contribution in [3.05, 3.63) is 65.5 Å². The van der Waals surface area contributed by atoms with Crippen LogP contribution in [0.3, 0.4) is 0 Å². The van der Waals surface area contributed by atoms with Gasteiger partial charge in [0.2, 0.25) is 41.4 Å². The van der Waals surface area contributed by atoms with E-state index in [0.717, 1.165) is 17.5 Å². The number of nitrogens with zero attached hydrogens (tertiary/aromatic N) is 3. The van der Waals surface area contributed by atoms with E-state index in [9.17, 15) is 43.5 Å². The van der Waals surface area contributed by atoms with E-state index in [1.807, 2.05) is 13.0 Å². The Morgan fingerprint density at radius 1 is 0.787 bits per heavy atom. The summed E-state index contributed by atoms with van der Waals surface area (Å²) in [4.78, 5) is 110. The zero-order valence-corrected chi connectivity index (χ0v) is 36.3. The summed E-state index contributed by atoms with van der Waals surface area (Å²) >= 11 is 2.83. The van der Waals surface area contributed by atoms with E-state index in [1.54, 1.807) is 66.3 Å². The largest absolute Gasteiger partial charge is 0.480 e. The summed E-state index contributed by atoms with van der Waals surface area (Å²) in [5.74, 6) is -3.52. The Balaban J connectivity index is 1.29. The van der Waals surface area contributed by atoms with Crippen molar-refractivity contribution in [1.82, 2.24) is 30.7 Å². The van der Waals surface area contributed by atoms with Gasteiger partial charge in [0.1, 0.15) is 30.2 Å². The number of carbonyl (C=O) groups is 8. The lowest BCUT2D eigenvalue weighted by atomic mass is 10.0. The van der Waals surface area contributed by atoms with Gasteiger partial charge in [-0.05, 0) is 55.2 Å². The van der Waals surface area contributed by atoms with Crippen LogP contribution in [0.1, 0.15) is 81.9 Å². The SMILES string of the molecule is CC[C@H](C)C(=O)N[C@@H](CCC(N)=O)C(=O)N[C@@H](Cc1ccccc1)C(=O)NC(CSCc1cncc(CSCCC(=O)N2CCC[C@H]2C(=O)N2CCC[C@H]2C(N)=O)c1)C(=O)O. The van der Waals surface area contributed by atoms with Crippen molar-refractivity contribution in [1.29, 1.82) is 0 Å². The number of aromatic nitrogens is 1. The van der Waals surface area contributed by atoms with Gasteiger partial charge >= 0.3 is 5.97 Å². The number of thioether (sulfide) groups is 2. The van der Waals surface area contributed by atoms with E-state index in [4.69, 9.17) is 11.5 Å². The zero-order valence-electron chi connectivity index (χ0n) is 34.7. The maximum Gasteiger partial charge on any atom is 0.327 e. The van der Waals surface area contributed by atoms with Crippen molar-refractivity contribution in [2.45, 2.75) is 113 Å². The van der Waals surface area contributed by atoms with Crippen molar-refractivity contribution in [2.24, 2.45) is 17.4 Å². The van der Waals surface area contributed by atoms with Crippen LogP contribution >= 0.6 is 23.5 Å². The predicted molar refractivity (Wildman–Crippen MR) is 231 cm³/mol. The van der Waals surface area contributed by atoms with Gasteiger partial charge in [-0.25, -0.2) is 4.79 Å². The highest BCUT2D eigenvalue weighted by Gasteiger charge is 2.41. The first-order chi connectivity index (χ1) is 29.2. The summed E-state index contributed by atoms with van der Waals surface area (Å²) in [6.45, 7) is 4.48. The number of nitrogens with two attached hydrogens (primary N) is 2. The molecule has 2 aromatic rings. The van der Waals surface area contributed by atoms with Crippen LogP contribution in [-0.4, -0.2) is 122 Å². The molecule has 2 fully saturated rings. The molecule has 8 N–H and O–H groups in total. The number of amides is 7. The quantitative estimate of drug-likeness (QED) is 0.0820. The van der Waals surface area contributed by atoms with Crippen molar-refractivity contribution < 1.29 is 43.5 Å². The number of rotatable bonds is 24. The van der Waals surface area contributed by atoms with Crippen LogP contribution in [0.5, 0.6) is 0 Å². The summed E-state index contributed by atoms with van der Waals surface area (Å²) in [6.07, 6.45) is 6.44. The monoisotopic (exact) mass is 882 g/mol. The first-order valence-corrected chi connectivity index (χ1v) is 22.9. The molecule has 1 unspecified atom stereocenters. The summed E-state index contributed by atoms with van der Waals surface area (Å²) in [6, 6.07) is 5.93. The van der Waals surface area contributed by atoms with Gasteiger partial charge in [-0.3, -0.25) is 38.5 Å². The molecule has 4 rings (SSSR count). The van der Waals surface area contributed by atoms with E-state index in [2.05, 4.69) is 20.9 Å². The molecule has 3 heterocycles. The fraction of sp³-hybridized carbons (Fsp3) is 0.548. The topological polar surface area (TPSA) is 264 Å². The van der Waals surface area contributed by atoms with Crippen molar-refractivity contribution >= 4 is 70.8 Å². The second-order valence-corrected chi connectivity index (χ2v) is 17.5. The second-order valence-electron chi connectivity index (χ2n) is 15.4. The third kappa shape index (κ3) is 15.1. The fourth-order valence-electron chi connectivity index (χ4n) is 7.16. The number of pyridine rings is 1. The average Bonchev–Trinajstić information content (AvgIpc) is 3.94. The van der Waals surface area contributed by atoms with Crippen LogP contribution in [-0.2, 0) is 56.3 Å². The molecule has 1 aromatic heterocycles. The van der Waals surface area contributed by atoms with Gasteiger partial charge in [0.15, 0.2) is 0 Å². The van der Waals surface area contributed by atoms with Crippen molar-refractivity contribution in [3.63, 3.8) is 0 Å². The number of likely N-dealkylation sites (tertiary alicyclic amines) is 2. The molecule has 61 heavy (non-hydrogen) atoms. The van der Waals surface area contributed by atoms with E-state index in [1.165, 1.54) is 16.7 Å². The maximum atomic E-state index is 13.7. The number of hydrogen-bond acceptors (Lipinski definition) is 11. The second kappa shape index (κ2) is 24.3. The summed E-state index contributed by atoms with van der Waals surface area (Å²) in [5, 5.41) is 18.0. The van der Waals surface area contributed by atoms with E-state index < -0.39 is 71.6 Å². The summed E-state index contributed by atoms with van der Waals surface area (Å²) in [7, 11) is 0. The molecule has 2 saturated heterocycles. The van der Waals surface area contributed by atoms with Crippen LogP contribution in [0.15, 0.2) is 48.8 Å².